The fourth-order valence-corrected chi connectivity index (χ4v) is 1.16. The fraction of sp³-hybridized carbons (Fsp3) is 0.444. The van der Waals surface area contributed by atoms with Gasteiger partial charge in [-0.2, -0.15) is 0 Å². The first kappa shape index (κ1) is 9.80. The van der Waals surface area contributed by atoms with Crippen LogP contribution in [0.2, 0.25) is 0 Å². The summed E-state index contributed by atoms with van der Waals surface area (Å²) < 4.78 is 10.3. The lowest BCUT2D eigenvalue weighted by molar-refractivity contribution is 0.371. The van der Waals surface area contributed by atoms with Crippen LogP contribution in [0, 0.1) is 0 Å². The number of nitrogens with zero attached hydrogens (tertiary/aromatic N) is 1. The Labute approximate surface area is 77.9 Å². The number of pyridine rings is 1. The van der Waals surface area contributed by atoms with Crippen molar-refractivity contribution in [3.8, 4) is 11.6 Å². The molecule has 0 spiro atoms. The molecule has 0 saturated carbocycles. The molecule has 1 rings (SSSR count). The van der Waals surface area contributed by atoms with E-state index in [-0.39, 0.29) is 0 Å². The van der Waals surface area contributed by atoms with Crippen LogP contribution >= 0.6 is 0 Å². The molecule has 0 radical (unpaired) electrons. The van der Waals surface area contributed by atoms with Crippen molar-refractivity contribution in [2.75, 3.05) is 21.3 Å². The van der Waals surface area contributed by atoms with Crippen LogP contribution in [0.25, 0.3) is 0 Å². The first-order valence-electron chi connectivity index (χ1n) is 4.04. The number of rotatable bonds is 4. The van der Waals surface area contributed by atoms with Gasteiger partial charge in [0.05, 0.1) is 19.8 Å². The molecule has 0 saturated heterocycles. The highest BCUT2D eigenvalue weighted by Gasteiger charge is 2.09. The monoisotopic (exact) mass is 182 g/mol. The lowest BCUT2D eigenvalue weighted by atomic mass is 10.2. The van der Waals surface area contributed by atoms with Gasteiger partial charge < -0.3 is 14.8 Å². The SMILES string of the molecule is CNCc1c(OC)ccnc1OC. The summed E-state index contributed by atoms with van der Waals surface area (Å²) in [5.41, 5.74) is 0.940. The van der Waals surface area contributed by atoms with Crippen LogP contribution in [0.15, 0.2) is 12.3 Å². The standard InChI is InChI=1S/C9H14N2O2/c1-10-6-7-8(12-2)4-5-11-9(7)13-3/h4-5,10H,6H2,1-3H3. The highest BCUT2D eigenvalue weighted by Crippen LogP contribution is 2.25. The zero-order valence-electron chi connectivity index (χ0n) is 8.13. The van der Waals surface area contributed by atoms with Crippen molar-refractivity contribution in [3.05, 3.63) is 17.8 Å². The van der Waals surface area contributed by atoms with Crippen LogP contribution in [-0.2, 0) is 6.54 Å². The molecule has 0 aliphatic rings. The van der Waals surface area contributed by atoms with E-state index in [1.807, 2.05) is 13.1 Å². The summed E-state index contributed by atoms with van der Waals surface area (Å²) in [5.74, 6) is 1.40. The zero-order chi connectivity index (χ0) is 9.68. The van der Waals surface area contributed by atoms with Crippen molar-refractivity contribution < 1.29 is 9.47 Å². The Kier molecular flexibility index (Phi) is 3.52. The van der Waals surface area contributed by atoms with Gasteiger partial charge in [0.2, 0.25) is 5.88 Å². The molecule has 1 aromatic heterocycles. The summed E-state index contributed by atoms with van der Waals surface area (Å²) in [6.45, 7) is 0.681. The van der Waals surface area contributed by atoms with Gasteiger partial charge in [-0.05, 0) is 13.1 Å². The third-order valence-electron chi connectivity index (χ3n) is 1.74. The summed E-state index contributed by atoms with van der Waals surface area (Å²) in [6, 6.07) is 1.81. The van der Waals surface area contributed by atoms with Crippen molar-refractivity contribution in [2.45, 2.75) is 6.54 Å². The summed E-state index contributed by atoms with van der Waals surface area (Å²) in [5, 5.41) is 3.03. The molecule has 0 aromatic carbocycles. The maximum absolute atomic E-state index is 5.18. The second kappa shape index (κ2) is 4.67. The maximum atomic E-state index is 5.18. The number of methoxy groups -OCH3 is 2. The average Bonchev–Trinajstić information content (AvgIpc) is 2.18. The maximum Gasteiger partial charge on any atom is 0.221 e. The van der Waals surface area contributed by atoms with E-state index in [9.17, 15) is 0 Å². The van der Waals surface area contributed by atoms with Crippen molar-refractivity contribution in [1.82, 2.24) is 10.3 Å². The Morgan fingerprint density at radius 2 is 2.15 bits per heavy atom. The molecule has 0 fully saturated rings. The first-order chi connectivity index (χ1) is 6.33. The van der Waals surface area contributed by atoms with Crippen molar-refractivity contribution in [1.29, 1.82) is 0 Å². The number of nitrogens with one attached hydrogen (secondary N) is 1. The molecule has 0 amide bonds. The molecule has 1 aromatic rings. The van der Waals surface area contributed by atoms with Crippen LogP contribution in [-0.4, -0.2) is 26.3 Å². The summed E-state index contributed by atoms with van der Waals surface area (Å²) in [6.07, 6.45) is 1.66. The Morgan fingerprint density at radius 1 is 1.38 bits per heavy atom. The van der Waals surface area contributed by atoms with Crippen LogP contribution in [0.5, 0.6) is 11.6 Å². The van der Waals surface area contributed by atoms with E-state index in [4.69, 9.17) is 9.47 Å². The van der Waals surface area contributed by atoms with Gasteiger partial charge in [0.25, 0.3) is 0 Å². The van der Waals surface area contributed by atoms with E-state index in [1.165, 1.54) is 0 Å². The molecular weight excluding hydrogens is 168 g/mol. The van der Waals surface area contributed by atoms with Gasteiger partial charge in [-0.15, -0.1) is 0 Å². The quantitative estimate of drug-likeness (QED) is 0.748. The van der Waals surface area contributed by atoms with Crippen LogP contribution in [0.1, 0.15) is 5.56 Å². The van der Waals surface area contributed by atoms with E-state index < -0.39 is 0 Å². The molecule has 0 atom stereocenters. The molecular formula is C9H14N2O2. The van der Waals surface area contributed by atoms with Gasteiger partial charge in [0.15, 0.2) is 0 Å². The van der Waals surface area contributed by atoms with E-state index in [2.05, 4.69) is 10.3 Å². The topological polar surface area (TPSA) is 43.4 Å². The molecule has 13 heavy (non-hydrogen) atoms. The number of hydrogen-bond acceptors (Lipinski definition) is 4. The highest BCUT2D eigenvalue weighted by atomic mass is 16.5. The van der Waals surface area contributed by atoms with Gasteiger partial charge in [0, 0.05) is 12.7 Å². The fourth-order valence-electron chi connectivity index (χ4n) is 1.16. The van der Waals surface area contributed by atoms with Gasteiger partial charge in [-0.25, -0.2) is 4.98 Å². The molecule has 0 bridgehead atoms. The van der Waals surface area contributed by atoms with Gasteiger partial charge in [-0.3, -0.25) is 0 Å². The lowest BCUT2D eigenvalue weighted by Crippen LogP contribution is -2.09. The smallest absolute Gasteiger partial charge is 0.221 e. The van der Waals surface area contributed by atoms with Crippen LogP contribution in [0.4, 0.5) is 0 Å². The molecule has 0 unspecified atom stereocenters. The van der Waals surface area contributed by atoms with E-state index in [0.717, 1.165) is 11.3 Å². The second-order valence-electron chi connectivity index (χ2n) is 2.53. The Balaban J connectivity index is 3.05. The number of aromatic nitrogens is 1. The molecule has 0 aliphatic heterocycles. The zero-order valence-corrected chi connectivity index (χ0v) is 8.13. The van der Waals surface area contributed by atoms with Crippen LogP contribution in [0.3, 0.4) is 0 Å². The molecule has 4 nitrogen and oxygen atoms in total. The minimum atomic E-state index is 0.605. The number of hydrogen-bond donors (Lipinski definition) is 1. The molecule has 1 N–H and O–H groups in total. The Hall–Kier alpha value is -1.29. The van der Waals surface area contributed by atoms with Gasteiger partial charge in [-0.1, -0.05) is 0 Å². The number of ether oxygens (including phenoxy) is 2. The molecule has 4 heteroatoms. The second-order valence-corrected chi connectivity index (χ2v) is 2.53. The molecule has 1 heterocycles. The van der Waals surface area contributed by atoms with Crippen molar-refractivity contribution in [3.63, 3.8) is 0 Å². The minimum absolute atomic E-state index is 0.605. The van der Waals surface area contributed by atoms with E-state index in [1.54, 1.807) is 20.4 Å². The first-order valence-corrected chi connectivity index (χ1v) is 4.04. The third kappa shape index (κ3) is 2.09. The van der Waals surface area contributed by atoms with Crippen molar-refractivity contribution in [2.24, 2.45) is 0 Å². The summed E-state index contributed by atoms with van der Waals surface area (Å²) in [7, 11) is 5.10. The lowest BCUT2D eigenvalue weighted by Gasteiger charge is -2.10. The average molecular weight is 182 g/mol. The Morgan fingerprint density at radius 3 is 2.69 bits per heavy atom. The third-order valence-corrected chi connectivity index (χ3v) is 1.74. The normalized spacial score (nSPS) is 9.77. The highest BCUT2D eigenvalue weighted by molar-refractivity contribution is 5.39. The van der Waals surface area contributed by atoms with Gasteiger partial charge in [0.1, 0.15) is 5.75 Å². The summed E-state index contributed by atoms with van der Waals surface area (Å²) in [4.78, 5) is 4.08. The predicted octanol–water partition coefficient (Wildman–Crippen LogP) is 0.818. The van der Waals surface area contributed by atoms with E-state index >= 15 is 0 Å². The minimum Gasteiger partial charge on any atom is -0.496 e. The van der Waals surface area contributed by atoms with Crippen LogP contribution < -0.4 is 14.8 Å². The Bertz CT molecular complexity index is 254. The van der Waals surface area contributed by atoms with Crippen molar-refractivity contribution >= 4 is 0 Å². The largest absolute Gasteiger partial charge is 0.496 e. The van der Waals surface area contributed by atoms with Gasteiger partial charge >= 0.3 is 0 Å². The summed E-state index contributed by atoms with van der Waals surface area (Å²) >= 11 is 0. The predicted molar refractivity (Wildman–Crippen MR) is 50.1 cm³/mol. The molecule has 72 valence electrons. The molecule has 0 aliphatic carbocycles. The van der Waals surface area contributed by atoms with E-state index in [0.29, 0.717) is 12.4 Å².